The number of aryl methyl sites for hydroxylation is 1. The molecule has 0 saturated heterocycles. The molecule has 4 nitrogen and oxygen atoms in total. The molecule has 0 fully saturated rings. The summed E-state index contributed by atoms with van der Waals surface area (Å²) in [5.41, 5.74) is 4.71. The number of azo groups is 1. The van der Waals surface area contributed by atoms with Gasteiger partial charge in [0.2, 0.25) is 0 Å². The summed E-state index contributed by atoms with van der Waals surface area (Å²) in [6.07, 6.45) is 4.10. The van der Waals surface area contributed by atoms with Crippen molar-refractivity contribution in [1.82, 2.24) is 9.38 Å². The van der Waals surface area contributed by atoms with Crippen LogP contribution in [0.4, 0.5) is 11.5 Å². The number of imidazole rings is 1. The minimum absolute atomic E-state index is 0.740. The molecule has 0 bridgehead atoms. The molecule has 128 valence electrons. The molecule has 0 unspecified atom stereocenters. The molecular weight excluding hydrogens is 340 g/mol. The molecule has 0 spiro atoms. The zero-order chi connectivity index (χ0) is 17.9. The van der Waals surface area contributed by atoms with Crippen LogP contribution in [0.15, 0.2) is 88.1 Å². The molecule has 0 saturated carbocycles. The van der Waals surface area contributed by atoms with Crippen LogP contribution in [0.1, 0.15) is 5.56 Å². The highest BCUT2D eigenvalue weighted by Gasteiger charge is 2.14. The van der Waals surface area contributed by atoms with Crippen LogP contribution in [0.2, 0.25) is 0 Å². The Hall–Kier alpha value is -2.92. The molecule has 0 aliphatic heterocycles. The van der Waals surface area contributed by atoms with E-state index in [2.05, 4.69) is 35.5 Å². The van der Waals surface area contributed by atoms with Gasteiger partial charge in [0.05, 0.1) is 5.69 Å². The zero-order valence-electron chi connectivity index (χ0n) is 14.6. The first-order chi connectivity index (χ1) is 12.7. The maximum atomic E-state index is 4.78. The predicted molar refractivity (Wildman–Crippen MR) is 108 cm³/mol. The number of pyridine rings is 1. The molecule has 5 heteroatoms. The highest BCUT2D eigenvalue weighted by atomic mass is 32.2. The highest BCUT2D eigenvalue weighted by molar-refractivity contribution is 7.98. The molecule has 4 rings (SSSR count). The minimum atomic E-state index is 0.740. The summed E-state index contributed by atoms with van der Waals surface area (Å²) in [7, 11) is 0. The van der Waals surface area contributed by atoms with Gasteiger partial charge in [-0.2, -0.15) is 0 Å². The van der Waals surface area contributed by atoms with Crippen LogP contribution in [0.3, 0.4) is 0 Å². The maximum absolute atomic E-state index is 4.78. The fourth-order valence-electron chi connectivity index (χ4n) is 2.80. The van der Waals surface area contributed by atoms with Gasteiger partial charge in [0.15, 0.2) is 5.82 Å². The standard InChI is InChI=1S/C21H18N4S/c1-15-11-12-19-22-20(16-7-4-3-5-8-16)21(25(19)14-15)24-23-17-9-6-10-18(13-17)26-2/h3-14H,1-2H3. The van der Waals surface area contributed by atoms with Crippen molar-refractivity contribution in [2.24, 2.45) is 10.2 Å². The third-order valence-corrected chi connectivity index (χ3v) is 4.83. The second kappa shape index (κ2) is 7.14. The summed E-state index contributed by atoms with van der Waals surface area (Å²) >= 11 is 1.69. The lowest BCUT2D eigenvalue weighted by molar-refractivity contribution is 1.09. The molecule has 0 aliphatic carbocycles. The molecule has 2 heterocycles. The van der Waals surface area contributed by atoms with Crippen LogP contribution in [0, 0.1) is 6.92 Å². The summed E-state index contributed by atoms with van der Waals surface area (Å²) in [5, 5.41) is 9.05. The van der Waals surface area contributed by atoms with E-state index in [1.165, 1.54) is 4.90 Å². The first kappa shape index (κ1) is 16.5. The number of thioether (sulfide) groups is 1. The molecule has 2 aromatic carbocycles. The summed E-state index contributed by atoms with van der Waals surface area (Å²) in [4.78, 5) is 5.94. The van der Waals surface area contributed by atoms with Crippen molar-refractivity contribution in [3.05, 3.63) is 78.5 Å². The maximum Gasteiger partial charge on any atom is 0.187 e. The first-order valence-electron chi connectivity index (χ1n) is 8.34. The monoisotopic (exact) mass is 358 g/mol. The van der Waals surface area contributed by atoms with Gasteiger partial charge in [-0.05, 0) is 43.0 Å². The van der Waals surface area contributed by atoms with E-state index >= 15 is 0 Å². The molecule has 0 radical (unpaired) electrons. The van der Waals surface area contributed by atoms with Gasteiger partial charge in [-0.25, -0.2) is 4.98 Å². The second-order valence-corrected chi connectivity index (χ2v) is 6.87. The number of aromatic nitrogens is 2. The van der Waals surface area contributed by atoms with Gasteiger partial charge >= 0.3 is 0 Å². The topological polar surface area (TPSA) is 42.0 Å². The van der Waals surface area contributed by atoms with E-state index in [0.717, 1.165) is 34.0 Å². The third-order valence-electron chi connectivity index (χ3n) is 4.10. The molecule has 26 heavy (non-hydrogen) atoms. The van der Waals surface area contributed by atoms with Crippen LogP contribution in [0.5, 0.6) is 0 Å². The normalized spacial score (nSPS) is 11.5. The van der Waals surface area contributed by atoms with Crippen molar-refractivity contribution in [2.45, 2.75) is 11.8 Å². The lowest BCUT2D eigenvalue weighted by Gasteiger charge is -2.01. The molecule has 0 aliphatic rings. The number of fused-ring (bicyclic) bond motifs is 1. The first-order valence-corrected chi connectivity index (χ1v) is 9.57. The van der Waals surface area contributed by atoms with Crippen LogP contribution < -0.4 is 0 Å². The minimum Gasteiger partial charge on any atom is -0.282 e. The summed E-state index contributed by atoms with van der Waals surface area (Å²) < 4.78 is 2.00. The number of rotatable bonds is 4. The Morgan fingerprint density at radius 3 is 2.58 bits per heavy atom. The van der Waals surface area contributed by atoms with Crippen molar-refractivity contribution >= 4 is 28.9 Å². The molecule has 0 N–H and O–H groups in total. The van der Waals surface area contributed by atoms with Crippen LogP contribution in [-0.2, 0) is 0 Å². The van der Waals surface area contributed by atoms with Gasteiger partial charge in [-0.15, -0.1) is 22.0 Å². The van der Waals surface area contributed by atoms with Gasteiger partial charge in [0.1, 0.15) is 11.3 Å². The van der Waals surface area contributed by atoms with E-state index in [1.807, 2.05) is 65.2 Å². The van der Waals surface area contributed by atoms with Crippen LogP contribution >= 0.6 is 11.8 Å². The van der Waals surface area contributed by atoms with E-state index in [1.54, 1.807) is 11.8 Å². The molecule has 0 amide bonds. The fraction of sp³-hybridized carbons (Fsp3) is 0.0952. The lowest BCUT2D eigenvalue weighted by atomic mass is 10.1. The number of hydrogen-bond acceptors (Lipinski definition) is 4. The highest BCUT2D eigenvalue weighted by Crippen LogP contribution is 2.32. The van der Waals surface area contributed by atoms with Crippen molar-refractivity contribution in [3.8, 4) is 11.3 Å². The molecule has 0 atom stereocenters. The average molecular weight is 358 g/mol. The Bertz CT molecular complexity index is 1080. The average Bonchev–Trinajstić information content (AvgIpc) is 3.05. The lowest BCUT2D eigenvalue weighted by Crippen LogP contribution is -1.85. The van der Waals surface area contributed by atoms with E-state index in [4.69, 9.17) is 4.98 Å². The predicted octanol–water partition coefficient (Wildman–Crippen LogP) is 6.45. The van der Waals surface area contributed by atoms with Crippen LogP contribution in [-0.4, -0.2) is 15.6 Å². The third kappa shape index (κ3) is 3.26. The van der Waals surface area contributed by atoms with Crippen molar-refractivity contribution in [2.75, 3.05) is 6.26 Å². The Labute approximate surface area is 156 Å². The second-order valence-electron chi connectivity index (χ2n) is 5.99. The van der Waals surface area contributed by atoms with E-state index in [9.17, 15) is 0 Å². The Kier molecular flexibility index (Phi) is 4.54. The fourth-order valence-corrected chi connectivity index (χ4v) is 3.25. The zero-order valence-corrected chi connectivity index (χ0v) is 15.4. The number of nitrogens with zero attached hydrogens (tertiary/aromatic N) is 4. The van der Waals surface area contributed by atoms with Gasteiger partial charge in [0, 0.05) is 16.7 Å². The van der Waals surface area contributed by atoms with E-state index < -0.39 is 0 Å². The largest absolute Gasteiger partial charge is 0.282 e. The number of hydrogen-bond donors (Lipinski definition) is 0. The van der Waals surface area contributed by atoms with Gasteiger partial charge in [-0.3, -0.25) is 4.40 Å². The molecule has 4 aromatic rings. The van der Waals surface area contributed by atoms with Crippen LogP contribution in [0.25, 0.3) is 16.9 Å². The van der Waals surface area contributed by atoms with Gasteiger partial charge in [0.25, 0.3) is 0 Å². The summed E-state index contributed by atoms with van der Waals surface area (Å²) in [6.45, 7) is 2.06. The van der Waals surface area contributed by atoms with Gasteiger partial charge < -0.3 is 0 Å². The summed E-state index contributed by atoms with van der Waals surface area (Å²) in [6, 6.07) is 22.2. The molecular formula is C21H18N4S. The van der Waals surface area contributed by atoms with Crippen molar-refractivity contribution < 1.29 is 0 Å². The van der Waals surface area contributed by atoms with E-state index in [-0.39, 0.29) is 0 Å². The summed E-state index contributed by atoms with van der Waals surface area (Å²) in [5.74, 6) is 0.740. The Balaban J connectivity index is 1.86. The quantitative estimate of drug-likeness (QED) is 0.311. The SMILES string of the molecule is CSc1cccc(N=Nc2c(-c3ccccc3)nc3ccc(C)cn23)c1. The molecule has 2 aromatic heterocycles. The van der Waals surface area contributed by atoms with Gasteiger partial charge in [-0.1, -0.05) is 42.5 Å². The van der Waals surface area contributed by atoms with Crippen molar-refractivity contribution in [3.63, 3.8) is 0 Å². The van der Waals surface area contributed by atoms with Crippen molar-refractivity contribution in [1.29, 1.82) is 0 Å². The van der Waals surface area contributed by atoms with E-state index in [0.29, 0.717) is 0 Å². The smallest absolute Gasteiger partial charge is 0.187 e. The number of benzene rings is 2. The Morgan fingerprint density at radius 1 is 0.923 bits per heavy atom. The Morgan fingerprint density at radius 2 is 1.77 bits per heavy atom.